The van der Waals surface area contributed by atoms with Gasteiger partial charge in [0.1, 0.15) is 16.7 Å². The minimum absolute atomic E-state index is 0.0739. The molecule has 36 heavy (non-hydrogen) atoms. The average Bonchev–Trinajstić information content (AvgIpc) is 3.43. The van der Waals surface area contributed by atoms with Crippen LogP contribution < -0.4 is 16.1 Å². The Morgan fingerprint density at radius 3 is 2.19 bits per heavy atom. The number of rotatable bonds is 6. The smallest absolute Gasteiger partial charge is 0.312 e. The summed E-state index contributed by atoms with van der Waals surface area (Å²) >= 11 is 1.37. The lowest BCUT2D eigenvalue weighted by Gasteiger charge is -2.43. The fourth-order valence-corrected chi connectivity index (χ4v) is 10.8. The lowest BCUT2D eigenvalue weighted by Crippen LogP contribution is -2.67. The van der Waals surface area contributed by atoms with E-state index in [1.165, 1.54) is 22.7 Å². The summed E-state index contributed by atoms with van der Waals surface area (Å²) in [7, 11) is -2.76. The number of nitrogen functional groups attached to an aromatic ring is 1. The molecule has 186 valence electrons. The third-order valence-electron chi connectivity index (χ3n) is 6.44. The van der Waals surface area contributed by atoms with Crippen molar-refractivity contribution in [2.75, 3.05) is 12.3 Å². The molecule has 2 aromatic heterocycles. The number of anilines is 1. The van der Waals surface area contributed by atoms with Crippen LogP contribution in [0.2, 0.25) is 5.04 Å². The monoisotopic (exact) mass is 523 g/mol. The molecule has 6 nitrogen and oxygen atoms in total. The molecule has 1 aliphatic heterocycles. The van der Waals surface area contributed by atoms with Crippen LogP contribution in [0.15, 0.2) is 78.9 Å². The first-order valence-corrected chi connectivity index (χ1v) is 14.5. The number of hydrogen-bond donors (Lipinski definition) is 1. The van der Waals surface area contributed by atoms with E-state index in [0.29, 0.717) is 6.61 Å². The molecule has 0 spiro atoms. The molecular weight excluding hydrogens is 496 g/mol. The number of benzene rings is 2. The van der Waals surface area contributed by atoms with Crippen LogP contribution in [0.1, 0.15) is 26.1 Å². The van der Waals surface area contributed by atoms with E-state index in [4.69, 9.17) is 10.2 Å². The normalized spacial score (nSPS) is 18.5. The van der Waals surface area contributed by atoms with Gasteiger partial charge in [0.25, 0.3) is 8.32 Å². The molecule has 0 saturated carbocycles. The van der Waals surface area contributed by atoms with Gasteiger partial charge in [-0.1, -0.05) is 81.4 Å². The van der Waals surface area contributed by atoms with Gasteiger partial charge in [0.15, 0.2) is 11.5 Å². The summed E-state index contributed by atoms with van der Waals surface area (Å²) in [5.41, 5.74) is 6.19. The zero-order valence-electron chi connectivity index (χ0n) is 20.2. The van der Waals surface area contributed by atoms with Gasteiger partial charge in [-0.15, -0.1) is 11.8 Å². The maximum Gasteiger partial charge on any atom is 0.312 e. The molecule has 0 amide bonds. The highest BCUT2D eigenvalue weighted by atomic mass is 32.2. The van der Waals surface area contributed by atoms with Crippen LogP contribution in [0.5, 0.6) is 0 Å². The minimum Gasteiger partial charge on any atom is -0.406 e. The van der Waals surface area contributed by atoms with Crippen LogP contribution in [0.25, 0.3) is 11.2 Å². The molecule has 0 bridgehead atoms. The zero-order chi connectivity index (χ0) is 25.5. The van der Waals surface area contributed by atoms with Gasteiger partial charge in [-0.3, -0.25) is 4.57 Å². The van der Waals surface area contributed by atoms with E-state index >= 15 is 4.39 Å². The van der Waals surface area contributed by atoms with Gasteiger partial charge in [-0.2, -0.15) is 14.4 Å². The highest BCUT2D eigenvalue weighted by molar-refractivity contribution is 8.00. The van der Waals surface area contributed by atoms with Crippen molar-refractivity contribution in [1.82, 2.24) is 19.5 Å². The van der Waals surface area contributed by atoms with Crippen molar-refractivity contribution in [1.29, 1.82) is 0 Å². The summed E-state index contributed by atoms with van der Waals surface area (Å²) in [5.74, 6) is -0.428. The predicted molar refractivity (Wildman–Crippen MR) is 143 cm³/mol. The minimum atomic E-state index is -2.76. The largest absolute Gasteiger partial charge is 0.406 e. The first-order valence-electron chi connectivity index (χ1n) is 11.6. The quantitative estimate of drug-likeness (QED) is 0.294. The van der Waals surface area contributed by atoms with E-state index in [1.54, 1.807) is 6.08 Å². The SMILES string of the molecule is CC(C)(C)[Si](OC[C@@H]1C=C(F)[C@H](n2cnc3c(N)nc(F)nc32)S1)(c1ccccc1)c1ccccc1. The number of hydrogen-bond acceptors (Lipinski definition) is 6. The Bertz CT molecular complexity index is 1370. The summed E-state index contributed by atoms with van der Waals surface area (Å²) in [6.45, 7) is 6.93. The molecule has 0 aliphatic carbocycles. The third kappa shape index (κ3) is 4.23. The molecule has 2 aromatic carbocycles. The zero-order valence-corrected chi connectivity index (χ0v) is 22.0. The fourth-order valence-electron chi connectivity index (χ4n) is 4.87. The van der Waals surface area contributed by atoms with Gasteiger partial charge in [-0.25, -0.2) is 9.37 Å². The first kappa shape index (κ1) is 24.6. The van der Waals surface area contributed by atoms with E-state index in [1.807, 2.05) is 36.4 Å². The number of thioether (sulfide) groups is 1. The van der Waals surface area contributed by atoms with Crippen LogP contribution in [0, 0.1) is 6.08 Å². The van der Waals surface area contributed by atoms with E-state index < -0.39 is 19.8 Å². The van der Waals surface area contributed by atoms with Crippen molar-refractivity contribution in [3.8, 4) is 0 Å². The second-order valence-corrected chi connectivity index (χ2v) is 15.4. The molecule has 3 heterocycles. The molecule has 1 aliphatic rings. The predicted octanol–water partition coefficient (Wildman–Crippen LogP) is 4.59. The van der Waals surface area contributed by atoms with Crippen LogP contribution in [0.4, 0.5) is 14.6 Å². The maximum absolute atomic E-state index is 15.2. The molecule has 10 heteroatoms. The van der Waals surface area contributed by atoms with Crippen LogP contribution in [-0.2, 0) is 4.43 Å². The number of aromatic nitrogens is 4. The molecule has 0 radical (unpaired) electrons. The number of fused-ring (bicyclic) bond motifs is 1. The Kier molecular flexibility index (Phi) is 6.44. The highest BCUT2D eigenvalue weighted by Crippen LogP contribution is 2.44. The van der Waals surface area contributed by atoms with Crippen molar-refractivity contribution in [3.05, 3.63) is 85.0 Å². The second-order valence-electron chi connectivity index (χ2n) is 9.75. The van der Waals surface area contributed by atoms with Crippen molar-refractivity contribution in [2.24, 2.45) is 0 Å². The Hall–Kier alpha value is -3.08. The van der Waals surface area contributed by atoms with Gasteiger partial charge in [0, 0.05) is 0 Å². The van der Waals surface area contributed by atoms with Gasteiger partial charge in [0.05, 0.1) is 18.2 Å². The Morgan fingerprint density at radius 2 is 1.61 bits per heavy atom. The van der Waals surface area contributed by atoms with Gasteiger partial charge < -0.3 is 10.2 Å². The van der Waals surface area contributed by atoms with Crippen molar-refractivity contribution >= 4 is 47.4 Å². The summed E-state index contributed by atoms with van der Waals surface area (Å²) in [4.78, 5) is 11.5. The molecule has 4 aromatic rings. The van der Waals surface area contributed by atoms with E-state index in [0.717, 1.165) is 10.4 Å². The van der Waals surface area contributed by atoms with Crippen LogP contribution in [0.3, 0.4) is 0 Å². The van der Waals surface area contributed by atoms with Crippen molar-refractivity contribution in [3.63, 3.8) is 0 Å². The van der Waals surface area contributed by atoms with Crippen LogP contribution >= 0.6 is 11.8 Å². The average molecular weight is 524 g/mol. The second kappa shape index (κ2) is 9.42. The fraction of sp³-hybridized carbons (Fsp3) is 0.269. The summed E-state index contributed by atoms with van der Waals surface area (Å²) < 4.78 is 37.5. The van der Waals surface area contributed by atoms with Gasteiger partial charge in [-0.05, 0) is 21.5 Å². The van der Waals surface area contributed by atoms with E-state index in [-0.39, 0.29) is 33.1 Å². The lowest BCUT2D eigenvalue weighted by molar-refractivity contribution is 0.308. The lowest BCUT2D eigenvalue weighted by atomic mass is 10.2. The molecular formula is C26H27F2N5OSSi. The Balaban J connectivity index is 1.46. The number of nitrogens with zero attached hydrogens (tertiary/aromatic N) is 4. The maximum atomic E-state index is 15.2. The summed E-state index contributed by atoms with van der Waals surface area (Å²) in [6, 6.07) is 20.6. The van der Waals surface area contributed by atoms with Crippen LogP contribution in [-0.4, -0.2) is 39.7 Å². The molecule has 0 saturated heterocycles. The van der Waals surface area contributed by atoms with E-state index in [9.17, 15) is 4.39 Å². The molecule has 2 N–H and O–H groups in total. The molecule has 0 unspecified atom stereocenters. The highest BCUT2D eigenvalue weighted by Gasteiger charge is 2.50. The molecule has 0 fully saturated rings. The van der Waals surface area contributed by atoms with Gasteiger partial charge >= 0.3 is 6.08 Å². The molecule has 5 rings (SSSR count). The number of halogens is 2. The number of nitrogens with two attached hydrogens (primary N) is 1. The molecule has 2 atom stereocenters. The van der Waals surface area contributed by atoms with E-state index in [2.05, 4.69) is 60.0 Å². The summed E-state index contributed by atoms with van der Waals surface area (Å²) in [6.07, 6.45) is 2.02. The summed E-state index contributed by atoms with van der Waals surface area (Å²) in [5, 5.41) is 1.15. The van der Waals surface area contributed by atoms with Crippen molar-refractivity contribution < 1.29 is 13.2 Å². The first-order chi connectivity index (χ1) is 17.2. The van der Waals surface area contributed by atoms with Crippen molar-refractivity contribution in [2.45, 2.75) is 36.4 Å². The number of imidazole rings is 1. The standard InChI is InChI=1S/C26H27F2N5OSSi/c1-26(2,3)36(18-10-6-4-7-11-18,19-12-8-5-9-13-19)34-15-17-14-20(27)24(35-17)33-16-30-21-22(29)31-25(28)32-23(21)33/h4-14,16-17,24H,15H2,1-3H3,(H2,29,31,32)/t17-,24+/m0/s1. The van der Waals surface area contributed by atoms with Gasteiger partial charge in [0.2, 0.25) is 0 Å². The topological polar surface area (TPSA) is 78.9 Å². The Labute approximate surface area is 213 Å². The third-order valence-corrected chi connectivity index (χ3v) is 12.8. The Morgan fingerprint density at radius 1 is 1.00 bits per heavy atom.